The highest BCUT2D eigenvalue weighted by Crippen LogP contribution is 2.12. The number of allylic oxidation sites excluding steroid dienone is 4. The molecule has 0 aliphatic carbocycles. The van der Waals surface area contributed by atoms with Crippen molar-refractivity contribution in [3.8, 4) is 0 Å². The molecule has 0 aromatic rings. The summed E-state index contributed by atoms with van der Waals surface area (Å²) in [4.78, 5) is 0. The van der Waals surface area contributed by atoms with E-state index in [0.29, 0.717) is 0 Å². The first-order valence-electron chi connectivity index (χ1n) is 13.7. The predicted molar refractivity (Wildman–Crippen MR) is 136 cm³/mol. The van der Waals surface area contributed by atoms with E-state index in [4.69, 9.17) is 0 Å². The van der Waals surface area contributed by atoms with Gasteiger partial charge in [-0.2, -0.15) is 0 Å². The highest BCUT2D eigenvalue weighted by atomic mass is 14.0. The van der Waals surface area contributed by atoms with Gasteiger partial charge in [-0.15, -0.1) is 0 Å². The molecule has 0 aliphatic heterocycles. The molecule has 0 amide bonds. The minimum absolute atomic E-state index is 1.23. The first kappa shape index (κ1) is 28.5. The van der Waals surface area contributed by atoms with Crippen molar-refractivity contribution in [2.75, 3.05) is 0 Å². The van der Waals surface area contributed by atoms with Gasteiger partial charge < -0.3 is 0 Å². The van der Waals surface area contributed by atoms with Crippen LogP contribution >= 0.6 is 0 Å². The van der Waals surface area contributed by atoms with Crippen LogP contribution in [0.15, 0.2) is 24.3 Å². The number of hydrogen-bond acceptors (Lipinski definition) is 0. The van der Waals surface area contributed by atoms with Crippen LogP contribution < -0.4 is 0 Å². The molecule has 0 fully saturated rings. The largest absolute Gasteiger partial charge is 0.0885 e. The second-order valence-electron chi connectivity index (χ2n) is 9.11. The Bertz CT molecular complexity index is 325. The zero-order chi connectivity index (χ0) is 21.1. The van der Waals surface area contributed by atoms with Gasteiger partial charge in [0.15, 0.2) is 0 Å². The van der Waals surface area contributed by atoms with Crippen LogP contribution in [0.25, 0.3) is 0 Å². The Kier molecular flexibility index (Phi) is 27.0. The Morgan fingerprint density at radius 2 is 0.517 bits per heavy atom. The summed E-state index contributed by atoms with van der Waals surface area (Å²) in [7, 11) is 0. The van der Waals surface area contributed by atoms with E-state index >= 15 is 0 Å². The average molecular weight is 405 g/mol. The quantitative estimate of drug-likeness (QED) is 0.111. The molecule has 29 heavy (non-hydrogen) atoms. The molecular weight excluding hydrogens is 348 g/mol. The second kappa shape index (κ2) is 27.5. The summed E-state index contributed by atoms with van der Waals surface area (Å²) in [6.07, 6.45) is 41.9. The maximum Gasteiger partial charge on any atom is -0.0316 e. The van der Waals surface area contributed by atoms with E-state index in [2.05, 4.69) is 38.2 Å². The van der Waals surface area contributed by atoms with Crippen LogP contribution in [0.1, 0.15) is 162 Å². The van der Waals surface area contributed by atoms with Gasteiger partial charge in [-0.05, 0) is 38.5 Å². The molecule has 172 valence electrons. The number of unbranched alkanes of at least 4 members (excludes halogenated alkanes) is 20. The molecule has 0 heterocycles. The lowest BCUT2D eigenvalue weighted by atomic mass is 10.1. The standard InChI is InChI=1S/C29H56/c1-3-5-7-9-11-13-15-17-19-21-23-25-27-29-28-26-24-22-20-18-16-14-12-10-8-6-4-2/h23,25-26,28H,3-22,24,27,29H2,1-2H3. The molecule has 0 N–H and O–H groups in total. The Hall–Kier alpha value is -0.520. The summed E-state index contributed by atoms with van der Waals surface area (Å²) in [6.45, 7) is 4.59. The SMILES string of the molecule is CCCCCCCCCCCC=CCCC=CCCCCCCCCCCCC. The van der Waals surface area contributed by atoms with Crippen LogP contribution in [0.3, 0.4) is 0 Å². The van der Waals surface area contributed by atoms with Crippen molar-refractivity contribution >= 4 is 0 Å². The smallest absolute Gasteiger partial charge is 0.0316 e. The summed E-state index contributed by atoms with van der Waals surface area (Å²) in [6, 6.07) is 0. The Labute approximate surface area is 186 Å². The summed E-state index contributed by atoms with van der Waals surface area (Å²) >= 11 is 0. The highest BCUT2D eigenvalue weighted by Gasteiger charge is 1.92. The van der Waals surface area contributed by atoms with Gasteiger partial charge in [-0.3, -0.25) is 0 Å². The molecule has 0 heteroatoms. The fraction of sp³-hybridized carbons (Fsp3) is 0.862. The van der Waals surface area contributed by atoms with Crippen molar-refractivity contribution in [1.82, 2.24) is 0 Å². The van der Waals surface area contributed by atoms with Crippen molar-refractivity contribution in [1.29, 1.82) is 0 Å². The molecule has 0 aromatic heterocycles. The van der Waals surface area contributed by atoms with Crippen molar-refractivity contribution in [2.24, 2.45) is 0 Å². The molecule has 0 saturated heterocycles. The van der Waals surface area contributed by atoms with E-state index in [1.165, 1.54) is 148 Å². The van der Waals surface area contributed by atoms with E-state index in [0.717, 1.165) is 0 Å². The molecule has 0 radical (unpaired) electrons. The van der Waals surface area contributed by atoms with Gasteiger partial charge in [0.05, 0.1) is 0 Å². The monoisotopic (exact) mass is 404 g/mol. The second-order valence-corrected chi connectivity index (χ2v) is 9.11. The molecular formula is C29H56. The molecule has 0 aliphatic rings. The van der Waals surface area contributed by atoms with Gasteiger partial charge in [-0.25, -0.2) is 0 Å². The third kappa shape index (κ3) is 27.5. The molecule has 0 spiro atoms. The van der Waals surface area contributed by atoms with Crippen molar-refractivity contribution in [3.05, 3.63) is 24.3 Å². The molecule has 0 atom stereocenters. The van der Waals surface area contributed by atoms with E-state index in [-0.39, 0.29) is 0 Å². The van der Waals surface area contributed by atoms with Crippen LogP contribution in [-0.4, -0.2) is 0 Å². The van der Waals surface area contributed by atoms with Crippen molar-refractivity contribution in [2.45, 2.75) is 162 Å². The Morgan fingerprint density at radius 1 is 0.276 bits per heavy atom. The third-order valence-corrected chi connectivity index (χ3v) is 6.03. The summed E-state index contributed by atoms with van der Waals surface area (Å²) in [5.41, 5.74) is 0. The predicted octanol–water partition coefficient (Wildman–Crippen LogP) is 11.1. The third-order valence-electron chi connectivity index (χ3n) is 6.03. The van der Waals surface area contributed by atoms with Gasteiger partial charge in [0.2, 0.25) is 0 Å². The Balaban J connectivity index is 3.14. The first-order valence-corrected chi connectivity index (χ1v) is 13.7. The molecule has 0 aromatic carbocycles. The van der Waals surface area contributed by atoms with E-state index in [1.54, 1.807) is 0 Å². The minimum Gasteiger partial charge on any atom is -0.0885 e. The zero-order valence-corrected chi connectivity index (χ0v) is 20.6. The molecule has 0 bridgehead atoms. The van der Waals surface area contributed by atoms with Crippen molar-refractivity contribution in [3.63, 3.8) is 0 Å². The topological polar surface area (TPSA) is 0 Å². The summed E-state index contributed by atoms with van der Waals surface area (Å²) in [5.74, 6) is 0. The van der Waals surface area contributed by atoms with Gasteiger partial charge in [-0.1, -0.05) is 147 Å². The molecule has 0 rings (SSSR count). The van der Waals surface area contributed by atoms with Crippen LogP contribution in [0.4, 0.5) is 0 Å². The number of hydrogen-bond donors (Lipinski definition) is 0. The van der Waals surface area contributed by atoms with Crippen LogP contribution in [0, 0.1) is 0 Å². The van der Waals surface area contributed by atoms with Gasteiger partial charge in [0.1, 0.15) is 0 Å². The lowest BCUT2D eigenvalue weighted by Crippen LogP contribution is -1.81. The zero-order valence-electron chi connectivity index (χ0n) is 20.6. The van der Waals surface area contributed by atoms with Gasteiger partial charge in [0, 0.05) is 0 Å². The molecule has 0 saturated carbocycles. The summed E-state index contributed by atoms with van der Waals surface area (Å²) in [5, 5.41) is 0. The minimum atomic E-state index is 1.23. The van der Waals surface area contributed by atoms with Crippen molar-refractivity contribution < 1.29 is 0 Å². The fourth-order valence-corrected chi connectivity index (χ4v) is 3.99. The fourth-order valence-electron chi connectivity index (χ4n) is 3.99. The normalized spacial score (nSPS) is 11.9. The van der Waals surface area contributed by atoms with Crippen LogP contribution in [0.5, 0.6) is 0 Å². The van der Waals surface area contributed by atoms with E-state index in [1.807, 2.05) is 0 Å². The maximum atomic E-state index is 2.42. The number of rotatable bonds is 24. The van der Waals surface area contributed by atoms with Crippen LogP contribution in [0.2, 0.25) is 0 Å². The lowest BCUT2D eigenvalue weighted by molar-refractivity contribution is 0.557. The Morgan fingerprint density at radius 3 is 0.828 bits per heavy atom. The van der Waals surface area contributed by atoms with E-state index < -0.39 is 0 Å². The van der Waals surface area contributed by atoms with Gasteiger partial charge >= 0.3 is 0 Å². The van der Waals surface area contributed by atoms with Crippen LogP contribution in [-0.2, 0) is 0 Å². The van der Waals surface area contributed by atoms with E-state index in [9.17, 15) is 0 Å². The highest BCUT2D eigenvalue weighted by molar-refractivity contribution is 4.88. The first-order chi connectivity index (χ1) is 14.4. The molecule has 0 unspecified atom stereocenters. The lowest BCUT2D eigenvalue weighted by Gasteiger charge is -2.01. The molecule has 0 nitrogen and oxygen atoms in total. The van der Waals surface area contributed by atoms with Gasteiger partial charge in [0.25, 0.3) is 0 Å². The summed E-state index contributed by atoms with van der Waals surface area (Å²) < 4.78 is 0. The average Bonchev–Trinajstić information content (AvgIpc) is 2.74. The maximum absolute atomic E-state index is 2.42.